The van der Waals surface area contributed by atoms with Crippen molar-refractivity contribution in [3.8, 4) is 0 Å². The summed E-state index contributed by atoms with van der Waals surface area (Å²) in [5.74, 6) is -0.590. The van der Waals surface area contributed by atoms with Gasteiger partial charge >= 0.3 is 11.9 Å². The third-order valence-electron chi connectivity index (χ3n) is 7.61. The van der Waals surface area contributed by atoms with Crippen molar-refractivity contribution in [3.05, 3.63) is 24.8 Å². The van der Waals surface area contributed by atoms with Crippen LogP contribution < -0.4 is 0 Å². The van der Waals surface area contributed by atoms with E-state index in [4.69, 9.17) is 9.47 Å². The highest BCUT2D eigenvalue weighted by Crippen LogP contribution is 2.39. The van der Waals surface area contributed by atoms with Gasteiger partial charge in [-0.3, -0.25) is 9.80 Å². The maximum absolute atomic E-state index is 11.6. The van der Waals surface area contributed by atoms with E-state index in [9.17, 15) is 9.59 Å². The zero-order valence-corrected chi connectivity index (χ0v) is 23.0. The molecule has 0 unspecified atom stereocenters. The standard InChI is InChI=1S/C14H25NO2.C13H23NO2/c1-10(2)12(16)17-11-8-13(3,4)15(7)14(5,6)9-11;1-7-11(15)16-10-8-12(2,3)14(6)13(4,5)9-10/h11H,1,8-9H2,2-7H3;7,10H,1,8-9H2,2-6H3. The monoisotopic (exact) mass is 464 g/mol. The molecule has 0 spiro atoms. The summed E-state index contributed by atoms with van der Waals surface area (Å²) in [6, 6.07) is 0. The van der Waals surface area contributed by atoms with Crippen molar-refractivity contribution in [2.45, 2.75) is 122 Å². The molecular formula is C27H48N2O4. The molecule has 2 rings (SSSR count). The van der Waals surface area contributed by atoms with Crippen LogP contribution >= 0.6 is 0 Å². The topological polar surface area (TPSA) is 59.1 Å². The lowest BCUT2D eigenvalue weighted by atomic mass is 9.78. The fourth-order valence-electron chi connectivity index (χ4n) is 5.19. The van der Waals surface area contributed by atoms with Crippen molar-refractivity contribution in [3.63, 3.8) is 0 Å². The summed E-state index contributed by atoms with van der Waals surface area (Å²) in [5, 5.41) is 0. The van der Waals surface area contributed by atoms with Gasteiger partial charge in [0.1, 0.15) is 12.2 Å². The molecule has 2 heterocycles. The van der Waals surface area contributed by atoms with Gasteiger partial charge in [0.15, 0.2) is 0 Å². The lowest BCUT2D eigenvalue weighted by Gasteiger charge is -2.53. The number of carbonyl (C=O) groups excluding carboxylic acids is 2. The van der Waals surface area contributed by atoms with Gasteiger partial charge in [-0.2, -0.15) is 0 Å². The van der Waals surface area contributed by atoms with Crippen molar-refractivity contribution in [2.24, 2.45) is 0 Å². The van der Waals surface area contributed by atoms with E-state index in [0.717, 1.165) is 25.7 Å². The van der Waals surface area contributed by atoms with Gasteiger partial charge in [-0.05, 0) is 76.4 Å². The molecule has 0 aliphatic carbocycles. The maximum atomic E-state index is 11.6. The number of piperidine rings is 2. The predicted molar refractivity (Wildman–Crippen MR) is 135 cm³/mol. The van der Waals surface area contributed by atoms with Crippen molar-refractivity contribution in [2.75, 3.05) is 14.1 Å². The third kappa shape index (κ3) is 7.68. The Hall–Kier alpha value is -1.66. The van der Waals surface area contributed by atoms with Gasteiger partial charge in [0.25, 0.3) is 0 Å². The maximum Gasteiger partial charge on any atom is 0.333 e. The first-order valence-corrected chi connectivity index (χ1v) is 11.9. The minimum atomic E-state index is -0.318. The van der Waals surface area contributed by atoms with E-state index in [-0.39, 0.29) is 46.3 Å². The van der Waals surface area contributed by atoms with Crippen LogP contribution in [-0.2, 0) is 19.1 Å². The van der Waals surface area contributed by atoms with Gasteiger partial charge < -0.3 is 9.47 Å². The molecule has 0 amide bonds. The summed E-state index contributed by atoms with van der Waals surface area (Å²) in [7, 11) is 4.27. The summed E-state index contributed by atoms with van der Waals surface area (Å²) in [4.78, 5) is 27.5. The van der Waals surface area contributed by atoms with Gasteiger partial charge in [0.2, 0.25) is 0 Å². The van der Waals surface area contributed by atoms with E-state index in [0.29, 0.717) is 5.57 Å². The van der Waals surface area contributed by atoms with Gasteiger partial charge in [-0.25, -0.2) is 9.59 Å². The van der Waals surface area contributed by atoms with Crippen molar-refractivity contribution >= 4 is 11.9 Å². The molecule has 0 atom stereocenters. The highest BCUT2D eigenvalue weighted by atomic mass is 16.5. The van der Waals surface area contributed by atoms with Gasteiger partial charge in [-0.15, -0.1) is 0 Å². The van der Waals surface area contributed by atoms with E-state index in [1.807, 2.05) is 0 Å². The van der Waals surface area contributed by atoms with Crippen molar-refractivity contribution in [1.29, 1.82) is 0 Å². The Labute approximate surface area is 202 Å². The van der Waals surface area contributed by atoms with E-state index in [1.165, 1.54) is 6.08 Å². The van der Waals surface area contributed by atoms with Crippen LogP contribution in [0, 0.1) is 0 Å². The average molecular weight is 465 g/mol. The quantitative estimate of drug-likeness (QED) is 0.425. The second-order valence-corrected chi connectivity index (χ2v) is 12.3. The normalized spacial score (nSPS) is 24.7. The Morgan fingerprint density at radius 2 is 1.06 bits per heavy atom. The summed E-state index contributed by atoms with van der Waals surface area (Å²) in [6.45, 7) is 26.2. The Morgan fingerprint density at radius 1 is 0.758 bits per heavy atom. The summed E-state index contributed by atoms with van der Waals surface area (Å²) >= 11 is 0. The first-order chi connectivity index (χ1) is 14.7. The van der Waals surface area contributed by atoms with Gasteiger partial charge in [0, 0.05) is 59.5 Å². The second-order valence-electron chi connectivity index (χ2n) is 12.3. The molecular weight excluding hydrogens is 416 g/mol. The molecule has 0 aromatic rings. The smallest absolute Gasteiger partial charge is 0.333 e. The zero-order valence-electron chi connectivity index (χ0n) is 23.0. The number of hydrogen-bond acceptors (Lipinski definition) is 6. The van der Waals surface area contributed by atoms with E-state index in [2.05, 4.69) is 92.4 Å². The van der Waals surface area contributed by atoms with Crippen LogP contribution in [0.4, 0.5) is 0 Å². The van der Waals surface area contributed by atoms with Crippen molar-refractivity contribution in [1.82, 2.24) is 9.80 Å². The van der Waals surface area contributed by atoms with E-state index < -0.39 is 0 Å². The van der Waals surface area contributed by atoms with Crippen LogP contribution in [-0.4, -0.2) is 70.2 Å². The molecule has 2 fully saturated rings. The molecule has 0 aromatic carbocycles. The molecule has 190 valence electrons. The minimum absolute atomic E-state index is 0.00769. The van der Waals surface area contributed by atoms with Crippen LogP contribution in [0.15, 0.2) is 24.8 Å². The third-order valence-corrected chi connectivity index (χ3v) is 7.61. The number of nitrogens with zero attached hydrogens (tertiary/aromatic N) is 2. The van der Waals surface area contributed by atoms with Crippen LogP contribution in [0.5, 0.6) is 0 Å². The zero-order chi connectivity index (χ0) is 26.0. The second kappa shape index (κ2) is 10.3. The number of hydrogen-bond donors (Lipinski definition) is 0. The van der Waals surface area contributed by atoms with Crippen molar-refractivity contribution < 1.29 is 19.1 Å². The largest absolute Gasteiger partial charge is 0.459 e. The lowest BCUT2D eigenvalue weighted by molar-refractivity contribution is -0.154. The SMILES string of the molecule is C=C(C)C(=O)OC1CC(C)(C)N(C)C(C)(C)C1.C=CC(=O)OC1CC(C)(C)N(C)C(C)(C)C1. The minimum Gasteiger partial charge on any atom is -0.459 e. The molecule has 0 aromatic heterocycles. The number of ether oxygens (including phenoxy) is 2. The van der Waals surface area contributed by atoms with Gasteiger partial charge in [0.05, 0.1) is 0 Å². The molecule has 6 heteroatoms. The van der Waals surface area contributed by atoms with Crippen LogP contribution in [0.3, 0.4) is 0 Å². The molecule has 2 aliphatic heterocycles. The highest BCUT2D eigenvalue weighted by molar-refractivity contribution is 5.87. The lowest BCUT2D eigenvalue weighted by Crippen LogP contribution is -2.60. The number of rotatable bonds is 4. The molecule has 33 heavy (non-hydrogen) atoms. The Balaban J connectivity index is 0.000000331. The number of esters is 2. The van der Waals surface area contributed by atoms with E-state index in [1.54, 1.807) is 6.92 Å². The van der Waals surface area contributed by atoms with Crippen LogP contribution in [0.2, 0.25) is 0 Å². The predicted octanol–water partition coefficient (Wildman–Crippen LogP) is 5.12. The molecule has 0 bridgehead atoms. The number of carbonyl (C=O) groups is 2. The summed E-state index contributed by atoms with van der Waals surface area (Å²) in [6.07, 6.45) is 4.68. The fourth-order valence-corrected chi connectivity index (χ4v) is 5.19. The van der Waals surface area contributed by atoms with Gasteiger partial charge in [-0.1, -0.05) is 13.2 Å². The summed E-state index contributed by atoms with van der Waals surface area (Å²) < 4.78 is 10.9. The molecule has 2 saturated heterocycles. The van der Waals surface area contributed by atoms with Crippen LogP contribution in [0.1, 0.15) is 88.0 Å². The first-order valence-electron chi connectivity index (χ1n) is 11.9. The Morgan fingerprint density at radius 3 is 1.33 bits per heavy atom. The molecule has 0 saturated carbocycles. The highest BCUT2D eigenvalue weighted by Gasteiger charge is 2.45. The Kier molecular flexibility index (Phi) is 9.17. The van der Waals surface area contributed by atoms with E-state index >= 15 is 0 Å². The molecule has 2 aliphatic rings. The molecule has 0 radical (unpaired) electrons. The first kappa shape index (κ1) is 29.4. The summed E-state index contributed by atoms with van der Waals surface area (Å²) in [5.41, 5.74) is 0.658. The average Bonchev–Trinajstić information content (AvgIpc) is 2.63. The molecule has 6 nitrogen and oxygen atoms in total. The van der Waals surface area contributed by atoms with Crippen LogP contribution in [0.25, 0.3) is 0 Å². The number of likely N-dealkylation sites (tertiary alicyclic amines) is 2. The fraction of sp³-hybridized carbons (Fsp3) is 0.778. The molecule has 0 N–H and O–H groups in total. The Bertz CT molecular complexity index is 715.